The molecule has 3 aromatic rings. The number of aromatic nitrogens is 2. The Morgan fingerprint density at radius 1 is 1.26 bits per heavy atom. The molecule has 3 rings (SSSR count). The van der Waals surface area contributed by atoms with Gasteiger partial charge in [-0.2, -0.15) is 0 Å². The summed E-state index contributed by atoms with van der Waals surface area (Å²) in [6.45, 7) is 0.868. The molecule has 0 aliphatic heterocycles. The molecule has 0 amide bonds. The van der Waals surface area contributed by atoms with Crippen LogP contribution in [-0.2, 0) is 6.42 Å². The van der Waals surface area contributed by atoms with Gasteiger partial charge in [0, 0.05) is 23.4 Å². The van der Waals surface area contributed by atoms with Crippen molar-refractivity contribution in [1.82, 2.24) is 9.97 Å². The Balaban J connectivity index is 1.65. The average Bonchev–Trinajstić information content (AvgIpc) is 2.82. The molecule has 0 saturated carbocycles. The number of hydrogen-bond donors (Lipinski definition) is 1. The molecule has 2 aromatic heterocycles. The van der Waals surface area contributed by atoms with Crippen molar-refractivity contribution in [2.24, 2.45) is 0 Å². The van der Waals surface area contributed by atoms with E-state index in [1.807, 2.05) is 24.4 Å². The standard InChI is InChI=1S/C14H12BrN3S/c15-11-3-4-12-13(8-11)19-14(18-12)17-7-5-10-2-1-6-16-9-10/h1-4,6,8-9H,5,7H2,(H,17,18). The Morgan fingerprint density at radius 3 is 3.05 bits per heavy atom. The molecule has 3 nitrogen and oxygen atoms in total. The maximum absolute atomic E-state index is 4.56. The van der Waals surface area contributed by atoms with E-state index in [4.69, 9.17) is 0 Å². The van der Waals surface area contributed by atoms with Crippen molar-refractivity contribution < 1.29 is 0 Å². The molecule has 0 radical (unpaired) electrons. The minimum atomic E-state index is 0.868. The van der Waals surface area contributed by atoms with Gasteiger partial charge in [-0.15, -0.1) is 0 Å². The summed E-state index contributed by atoms with van der Waals surface area (Å²) >= 11 is 5.16. The normalized spacial score (nSPS) is 10.8. The van der Waals surface area contributed by atoms with E-state index in [9.17, 15) is 0 Å². The highest BCUT2D eigenvalue weighted by atomic mass is 79.9. The van der Waals surface area contributed by atoms with Crippen LogP contribution in [0.25, 0.3) is 10.2 Å². The lowest BCUT2D eigenvalue weighted by Crippen LogP contribution is -2.04. The molecule has 0 spiro atoms. The van der Waals surface area contributed by atoms with Crippen LogP contribution in [0, 0.1) is 0 Å². The topological polar surface area (TPSA) is 37.8 Å². The Morgan fingerprint density at radius 2 is 2.21 bits per heavy atom. The van der Waals surface area contributed by atoms with E-state index < -0.39 is 0 Å². The third kappa shape index (κ3) is 3.11. The van der Waals surface area contributed by atoms with E-state index in [-0.39, 0.29) is 0 Å². The predicted molar refractivity (Wildman–Crippen MR) is 83.8 cm³/mol. The molecule has 1 N–H and O–H groups in total. The van der Waals surface area contributed by atoms with E-state index in [2.05, 4.69) is 43.3 Å². The van der Waals surface area contributed by atoms with E-state index in [1.54, 1.807) is 17.5 Å². The van der Waals surface area contributed by atoms with Crippen LogP contribution in [0.1, 0.15) is 5.56 Å². The number of halogens is 1. The van der Waals surface area contributed by atoms with Crippen molar-refractivity contribution >= 4 is 42.6 Å². The van der Waals surface area contributed by atoms with Crippen LogP contribution in [0.15, 0.2) is 47.2 Å². The Labute approximate surface area is 123 Å². The molecule has 0 aliphatic carbocycles. The highest BCUT2D eigenvalue weighted by Crippen LogP contribution is 2.28. The summed E-state index contributed by atoms with van der Waals surface area (Å²) in [5.74, 6) is 0. The summed E-state index contributed by atoms with van der Waals surface area (Å²) in [5.41, 5.74) is 2.27. The first-order chi connectivity index (χ1) is 9.31. The van der Waals surface area contributed by atoms with Crippen LogP contribution in [-0.4, -0.2) is 16.5 Å². The fourth-order valence-corrected chi connectivity index (χ4v) is 3.28. The van der Waals surface area contributed by atoms with Crippen molar-refractivity contribution in [2.45, 2.75) is 6.42 Å². The van der Waals surface area contributed by atoms with Gasteiger partial charge < -0.3 is 5.32 Å². The van der Waals surface area contributed by atoms with E-state index >= 15 is 0 Å². The van der Waals surface area contributed by atoms with Crippen LogP contribution >= 0.6 is 27.3 Å². The van der Waals surface area contributed by atoms with Gasteiger partial charge in [-0.3, -0.25) is 4.98 Å². The Hall–Kier alpha value is -1.46. The summed E-state index contributed by atoms with van der Waals surface area (Å²) < 4.78 is 2.28. The summed E-state index contributed by atoms with van der Waals surface area (Å²) in [4.78, 5) is 8.66. The summed E-state index contributed by atoms with van der Waals surface area (Å²) in [6.07, 6.45) is 4.65. The molecule has 96 valence electrons. The third-order valence-corrected chi connectivity index (χ3v) is 4.23. The maximum atomic E-state index is 4.56. The fourth-order valence-electron chi connectivity index (χ4n) is 1.83. The summed E-state index contributed by atoms with van der Waals surface area (Å²) in [6, 6.07) is 10.2. The maximum Gasteiger partial charge on any atom is 0.183 e. The van der Waals surface area contributed by atoms with Crippen molar-refractivity contribution in [3.05, 3.63) is 52.8 Å². The van der Waals surface area contributed by atoms with Crippen molar-refractivity contribution in [3.63, 3.8) is 0 Å². The van der Waals surface area contributed by atoms with Gasteiger partial charge in [0.25, 0.3) is 0 Å². The second-order valence-corrected chi connectivity index (χ2v) is 6.12. The third-order valence-electron chi connectivity index (χ3n) is 2.76. The lowest BCUT2D eigenvalue weighted by molar-refractivity contribution is 1.00. The van der Waals surface area contributed by atoms with Crippen molar-refractivity contribution in [2.75, 3.05) is 11.9 Å². The minimum absolute atomic E-state index is 0.868. The Bertz CT molecular complexity index is 681. The largest absolute Gasteiger partial charge is 0.361 e. The molecule has 0 bridgehead atoms. The molecule has 1 aromatic carbocycles. The van der Waals surface area contributed by atoms with E-state index in [0.29, 0.717) is 0 Å². The zero-order chi connectivity index (χ0) is 13.1. The number of anilines is 1. The number of benzene rings is 1. The summed E-state index contributed by atoms with van der Waals surface area (Å²) in [5, 5.41) is 4.34. The van der Waals surface area contributed by atoms with Gasteiger partial charge in [-0.1, -0.05) is 33.3 Å². The fraction of sp³-hybridized carbons (Fsp3) is 0.143. The van der Waals surface area contributed by atoms with E-state index in [1.165, 1.54) is 10.3 Å². The first-order valence-corrected chi connectivity index (χ1v) is 7.61. The molecule has 0 aliphatic rings. The molecule has 0 fully saturated rings. The summed E-state index contributed by atoms with van der Waals surface area (Å²) in [7, 11) is 0. The van der Waals surface area contributed by atoms with E-state index in [0.717, 1.165) is 28.1 Å². The highest BCUT2D eigenvalue weighted by molar-refractivity contribution is 9.10. The second-order valence-electron chi connectivity index (χ2n) is 4.17. The van der Waals surface area contributed by atoms with Crippen LogP contribution in [0.5, 0.6) is 0 Å². The van der Waals surface area contributed by atoms with Crippen LogP contribution in [0.3, 0.4) is 0 Å². The number of fused-ring (bicyclic) bond motifs is 1. The quantitative estimate of drug-likeness (QED) is 0.780. The van der Waals surface area contributed by atoms with Gasteiger partial charge in [-0.05, 0) is 36.2 Å². The van der Waals surface area contributed by atoms with Gasteiger partial charge in [0.15, 0.2) is 5.13 Å². The molecule has 0 atom stereocenters. The smallest absolute Gasteiger partial charge is 0.183 e. The van der Waals surface area contributed by atoms with Crippen molar-refractivity contribution in [1.29, 1.82) is 0 Å². The molecule has 0 unspecified atom stereocenters. The average molecular weight is 334 g/mol. The predicted octanol–water partition coefficient (Wildman–Crippen LogP) is 4.11. The SMILES string of the molecule is Brc1ccc2nc(NCCc3cccnc3)sc2c1. The lowest BCUT2D eigenvalue weighted by atomic mass is 10.2. The number of rotatable bonds is 4. The molecule has 5 heteroatoms. The van der Waals surface area contributed by atoms with Gasteiger partial charge >= 0.3 is 0 Å². The van der Waals surface area contributed by atoms with Gasteiger partial charge in [0.05, 0.1) is 10.2 Å². The molecular weight excluding hydrogens is 322 g/mol. The van der Waals surface area contributed by atoms with Crippen LogP contribution in [0.2, 0.25) is 0 Å². The lowest BCUT2D eigenvalue weighted by Gasteiger charge is -2.01. The molecule has 2 heterocycles. The number of nitrogens with one attached hydrogen (secondary N) is 1. The van der Waals surface area contributed by atoms with Crippen molar-refractivity contribution in [3.8, 4) is 0 Å². The zero-order valence-corrected chi connectivity index (χ0v) is 12.5. The minimum Gasteiger partial charge on any atom is -0.361 e. The number of hydrogen-bond acceptors (Lipinski definition) is 4. The first kappa shape index (κ1) is 12.6. The zero-order valence-electron chi connectivity index (χ0n) is 10.1. The Kier molecular flexibility index (Phi) is 3.75. The first-order valence-electron chi connectivity index (χ1n) is 6.00. The van der Waals surface area contributed by atoms with Gasteiger partial charge in [0.1, 0.15) is 0 Å². The number of nitrogens with zero attached hydrogens (tertiary/aromatic N) is 2. The number of thiazole rings is 1. The molecular formula is C14H12BrN3S. The second kappa shape index (κ2) is 5.67. The molecule has 19 heavy (non-hydrogen) atoms. The molecule has 0 saturated heterocycles. The van der Waals surface area contributed by atoms with Gasteiger partial charge in [-0.25, -0.2) is 4.98 Å². The van der Waals surface area contributed by atoms with Gasteiger partial charge in [0.2, 0.25) is 0 Å². The highest BCUT2D eigenvalue weighted by Gasteiger charge is 2.03. The van der Waals surface area contributed by atoms with Crippen LogP contribution < -0.4 is 5.32 Å². The van der Waals surface area contributed by atoms with Crippen LogP contribution in [0.4, 0.5) is 5.13 Å². The number of pyridine rings is 1. The monoisotopic (exact) mass is 333 g/mol.